The van der Waals surface area contributed by atoms with Crippen molar-refractivity contribution in [3.8, 4) is 0 Å². The number of nitrogens with zero attached hydrogens (tertiary/aromatic N) is 1. The molecule has 2 atom stereocenters. The summed E-state index contributed by atoms with van der Waals surface area (Å²) >= 11 is 0. The molecule has 0 bridgehead atoms. The number of hydrogen-bond acceptors (Lipinski definition) is 4. The van der Waals surface area contributed by atoms with Crippen molar-refractivity contribution >= 4 is 21.7 Å². The molecule has 0 radical (unpaired) electrons. The highest BCUT2D eigenvalue weighted by Gasteiger charge is 2.34. The average Bonchev–Trinajstić information content (AvgIpc) is 2.66. The third-order valence-electron chi connectivity index (χ3n) is 3.94. The van der Waals surface area contributed by atoms with Crippen molar-refractivity contribution in [2.45, 2.75) is 38.6 Å². The van der Waals surface area contributed by atoms with E-state index in [2.05, 4.69) is 5.32 Å². The van der Waals surface area contributed by atoms with Crippen LogP contribution in [0.3, 0.4) is 0 Å². The minimum absolute atomic E-state index is 0.0134. The average molecular weight is 302 g/mol. The van der Waals surface area contributed by atoms with Gasteiger partial charge in [-0.3, -0.25) is 9.59 Å². The standard InChI is InChI=1S/C13H22N2O4S/c1-2-3-11-13(17)15(6-4-12(16)14-11)8-10-5-7-20(18,19)9-10/h10-11H,2-9H2,1H3,(H,14,16). The first kappa shape index (κ1) is 15.3. The normalized spacial score (nSPS) is 30.1. The zero-order chi connectivity index (χ0) is 14.8. The number of hydrogen-bond donors (Lipinski definition) is 1. The Labute approximate surface area is 119 Å². The minimum Gasteiger partial charge on any atom is -0.344 e. The van der Waals surface area contributed by atoms with Gasteiger partial charge in [0.25, 0.3) is 0 Å². The Balaban J connectivity index is 2.02. The molecule has 2 fully saturated rings. The van der Waals surface area contributed by atoms with Crippen LogP contribution in [0.1, 0.15) is 32.6 Å². The molecule has 2 heterocycles. The molecular weight excluding hydrogens is 280 g/mol. The lowest BCUT2D eigenvalue weighted by molar-refractivity contribution is -0.134. The van der Waals surface area contributed by atoms with Gasteiger partial charge in [-0.15, -0.1) is 0 Å². The van der Waals surface area contributed by atoms with E-state index in [1.807, 2.05) is 6.92 Å². The molecule has 2 rings (SSSR count). The highest BCUT2D eigenvalue weighted by atomic mass is 32.2. The molecule has 1 N–H and O–H groups in total. The maximum absolute atomic E-state index is 12.4. The van der Waals surface area contributed by atoms with Crippen LogP contribution in [0.15, 0.2) is 0 Å². The van der Waals surface area contributed by atoms with E-state index in [0.717, 1.165) is 6.42 Å². The first-order chi connectivity index (χ1) is 9.41. The van der Waals surface area contributed by atoms with Gasteiger partial charge in [0, 0.05) is 19.5 Å². The van der Waals surface area contributed by atoms with Gasteiger partial charge < -0.3 is 10.2 Å². The summed E-state index contributed by atoms with van der Waals surface area (Å²) in [6.45, 7) is 2.81. The van der Waals surface area contributed by atoms with Crippen molar-refractivity contribution in [3.63, 3.8) is 0 Å². The van der Waals surface area contributed by atoms with Gasteiger partial charge in [-0.05, 0) is 18.8 Å². The Hall–Kier alpha value is -1.11. The molecule has 2 unspecified atom stereocenters. The fourth-order valence-electron chi connectivity index (χ4n) is 2.89. The van der Waals surface area contributed by atoms with E-state index < -0.39 is 15.9 Å². The summed E-state index contributed by atoms with van der Waals surface area (Å²) < 4.78 is 23.0. The van der Waals surface area contributed by atoms with E-state index >= 15 is 0 Å². The van der Waals surface area contributed by atoms with Crippen LogP contribution in [0.5, 0.6) is 0 Å². The van der Waals surface area contributed by atoms with Gasteiger partial charge in [-0.2, -0.15) is 0 Å². The molecule has 2 aliphatic heterocycles. The molecule has 2 aliphatic rings. The molecule has 0 aromatic heterocycles. The highest BCUT2D eigenvalue weighted by molar-refractivity contribution is 7.91. The Kier molecular flexibility index (Phi) is 4.67. The Morgan fingerprint density at radius 3 is 2.70 bits per heavy atom. The number of carbonyl (C=O) groups excluding carboxylic acids is 2. The van der Waals surface area contributed by atoms with Crippen molar-refractivity contribution in [1.29, 1.82) is 0 Å². The van der Waals surface area contributed by atoms with Gasteiger partial charge in [0.1, 0.15) is 6.04 Å². The Morgan fingerprint density at radius 1 is 1.35 bits per heavy atom. The highest BCUT2D eigenvalue weighted by Crippen LogP contribution is 2.21. The zero-order valence-corrected chi connectivity index (χ0v) is 12.6. The van der Waals surface area contributed by atoms with E-state index in [0.29, 0.717) is 32.4 Å². The summed E-state index contributed by atoms with van der Waals surface area (Å²) in [7, 11) is -2.93. The van der Waals surface area contributed by atoms with Crippen LogP contribution in [0.2, 0.25) is 0 Å². The smallest absolute Gasteiger partial charge is 0.245 e. The third-order valence-corrected chi connectivity index (χ3v) is 5.77. The van der Waals surface area contributed by atoms with Gasteiger partial charge in [0.05, 0.1) is 11.5 Å². The predicted octanol–water partition coefficient (Wildman–Crippen LogP) is -0.0617. The van der Waals surface area contributed by atoms with E-state index in [9.17, 15) is 18.0 Å². The fraction of sp³-hybridized carbons (Fsp3) is 0.846. The summed E-state index contributed by atoms with van der Waals surface area (Å²) in [4.78, 5) is 25.7. The number of amides is 2. The number of rotatable bonds is 4. The topological polar surface area (TPSA) is 83.6 Å². The van der Waals surface area contributed by atoms with Crippen LogP contribution in [-0.2, 0) is 19.4 Å². The molecule has 0 spiro atoms. The maximum Gasteiger partial charge on any atom is 0.245 e. The van der Waals surface area contributed by atoms with E-state index in [1.54, 1.807) is 4.90 Å². The van der Waals surface area contributed by atoms with Gasteiger partial charge in [0.2, 0.25) is 11.8 Å². The predicted molar refractivity (Wildman–Crippen MR) is 74.8 cm³/mol. The lowest BCUT2D eigenvalue weighted by atomic mass is 10.1. The summed E-state index contributed by atoms with van der Waals surface area (Å²) in [5.41, 5.74) is 0. The lowest BCUT2D eigenvalue weighted by Crippen LogP contribution is -2.46. The second kappa shape index (κ2) is 6.11. The Bertz CT molecular complexity index is 489. The van der Waals surface area contributed by atoms with Crippen LogP contribution in [0.25, 0.3) is 0 Å². The first-order valence-corrected chi connectivity index (χ1v) is 9.02. The van der Waals surface area contributed by atoms with E-state index in [-0.39, 0.29) is 29.2 Å². The maximum atomic E-state index is 12.4. The molecule has 2 amide bonds. The van der Waals surface area contributed by atoms with Crippen LogP contribution in [0, 0.1) is 5.92 Å². The van der Waals surface area contributed by atoms with Gasteiger partial charge in [0.15, 0.2) is 9.84 Å². The summed E-state index contributed by atoms with van der Waals surface area (Å²) in [5, 5.41) is 2.75. The van der Waals surface area contributed by atoms with Crippen molar-refractivity contribution < 1.29 is 18.0 Å². The molecule has 114 valence electrons. The molecule has 6 nitrogen and oxygen atoms in total. The monoisotopic (exact) mass is 302 g/mol. The minimum atomic E-state index is -2.93. The summed E-state index contributed by atoms with van der Waals surface area (Å²) in [6.07, 6.45) is 2.36. The fourth-order valence-corrected chi connectivity index (χ4v) is 4.74. The first-order valence-electron chi connectivity index (χ1n) is 7.20. The summed E-state index contributed by atoms with van der Waals surface area (Å²) in [5.74, 6) is 0.228. The van der Waals surface area contributed by atoms with Crippen LogP contribution < -0.4 is 5.32 Å². The van der Waals surface area contributed by atoms with Crippen molar-refractivity contribution in [3.05, 3.63) is 0 Å². The van der Waals surface area contributed by atoms with Gasteiger partial charge >= 0.3 is 0 Å². The molecular formula is C13H22N2O4S. The number of carbonyl (C=O) groups is 2. The van der Waals surface area contributed by atoms with Crippen molar-refractivity contribution in [2.75, 3.05) is 24.6 Å². The van der Waals surface area contributed by atoms with E-state index in [1.165, 1.54) is 0 Å². The quantitative estimate of drug-likeness (QED) is 0.788. The van der Waals surface area contributed by atoms with Gasteiger partial charge in [-0.1, -0.05) is 13.3 Å². The van der Waals surface area contributed by atoms with Crippen LogP contribution >= 0.6 is 0 Å². The van der Waals surface area contributed by atoms with Gasteiger partial charge in [-0.25, -0.2) is 8.42 Å². The second-order valence-corrected chi connectivity index (χ2v) is 7.94. The molecule has 2 saturated heterocycles. The summed E-state index contributed by atoms with van der Waals surface area (Å²) in [6, 6.07) is -0.451. The molecule has 20 heavy (non-hydrogen) atoms. The molecule has 0 aromatic rings. The van der Waals surface area contributed by atoms with Crippen molar-refractivity contribution in [2.24, 2.45) is 5.92 Å². The van der Waals surface area contributed by atoms with E-state index in [4.69, 9.17) is 0 Å². The van der Waals surface area contributed by atoms with Crippen LogP contribution in [0.4, 0.5) is 0 Å². The SMILES string of the molecule is CCCC1NC(=O)CCN(CC2CCS(=O)(=O)C2)C1=O. The molecule has 0 aliphatic carbocycles. The number of sulfone groups is 1. The van der Waals surface area contributed by atoms with Crippen molar-refractivity contribution in [1.82, 2.24) is 10.2 Å². The molecule has 7 heteroatoms. The third kappa shape index (κ3) is 3.71. The molecule has 0 saturated carbocycles. The van der Waals surface area contributed by atoms with Crippen LogP contribution in [-0.4, -0.2) is 55.8 Å². The second-order valence-electron chi connectivity index (χ2n) is 5.71. The Morgan fingerprint density at radius 2 is 2.10 bits per heavy atom. The molecule has 0 aromatic carbocycles. The zero-order valence-electron chi connectivity index (χ0n) is 11.8. The number of nitrogens with one attached hydrogen (secondary N) is 1. The largest absolute Gasteiger partial charge is 0.344 e. The lowest BCUT2D eigenvalue weighted by Gasteiger charge is -2.26.